The van der Waals surface area contributed by atoms with E-state index in [4.69, 9.17) is 4.74 Å². The Morgan fingerprint density at radius 1 is 1.14 bits per heavy atom. The van der Waals surface area contributed by atoms with Gasteiger partial charge in [-0.2, -0.15) is 0 Å². The van der Waals surface area contributed by atoms with Crippen LogP contribution < -0.4 is 15.6 Å². The number of carbonyl (C=O) groups is 1. The van der Waals surface area contributed by atoms with Gasteiger partial charge in [-0.3, -0.25) is 14.2 Å². The van der Waals surface area contributed by atoms with Gasteiger partial charge in [0, 0.05) is 11.6 Å². The van der Waals surface area contributed by atoms with Crippen LogP contribution in [-0.4, -0.2) is 28.6 Å². The molecule has 144 valence electrons. The Labute approximate surface area is 161 Å². The first kappa shape index (κ1) is 19.3. The van der Waals surface area contributed by atoms with Crippen LogP contribution in [0.2, 0.25) is 0 Å². The highest BCUT2D eigenvalue weighted by Gasteiger charge is 2.07. The fourth-order valence-electron chi connectivity index (χ4n) is 2.53. The molecule has 7 heteroatoms. The van der Waals surface area contributed by atoms with Gasteiger partial charge in [0.05, 0.1) is 18.6 Å². The van der Waals surface area contributed by atoms with E-state index in [0.29, 0.717) is 24.4 Å². The predicted octanol–water partition coefficient (Wildman–Crippen LogP) is 2.55. The molecule has 3 aromatic rings. The van der Waals surface area contributed by atoms with Crippen LogP contribution in [0.4, 0.5) is 4.39 Å². The Balaban J connectivity index is 1.50. The van der Waals surface area contributed by atoms with Crippen molar-refractivity contribution in [2.75, 3.05) is 13.2 Å². The van der Waals surface area contributed by atoms with Crippen molar-refractivity contribution in [2.24, 2.45) is 0 Å². The van der Waals surface area contributed by atoms with Crippen molar-refractivity contribution in [1.82, 2.24) is 14.9 Å². The molecule has 0 aliphatic carbocycles. The lowest BCUT2D eigenvalue weighted by atomic mass is 10.1. The minimum atomic E-state index is -0.361. The molecule has 0 saturated carbocycles. The van der Waals surface area contributed by atoms with Crippen molar-refractivity contribution in [3.8, 4) is 17.0 Å². The summed E-state index contributed by atoms with van der Waals surface area (Å²) in [5.41, 5.74) is 1.84. The van der Waals surface area contributed by atoms with Crippen molar-refractivity contribution in [1.29, 1.82) is 0 Å². The van der Waals surface area contributed by atoms with Crippen molar-refractivity contribution in [3.05, 3.63) is 82.7 Å². The fraction of sp³-hybridized carbons (Fsp3) is 0.190. The summed E-state index contributed by atoms with van der Waals surface area (Å²) in [7, 11) is 0. The third-order valence-electron chi connectivity index (χ3n) is 4.05. The van der Waals surface area contributed by atoms with Crippen LogP contribution >= 0.6 is 0 Å². The molecule has 28 heavy (non-hydrogen) atoms. The van der Waals surface area contributed by atoms with Gasteiger partial charge >= 0.3 is 0 Å². The molecular formula is C21H20FN3O3. The van der Waals surface area contributed by atoms with E-state index < -0.39 is 0 Å². The van der Waals surface area contributed by atoms with Gasteiger partial charge in [0.25, 0.3) is 5.56 Å². The van der Waals surface area contributed by atoms with Crippen molar-refractivity contribution in [2.45, 2.75) is 13.5 Å². The number of hydrogen-bond acceptors (Lipinski definition) is 4. The first-order valence-corrected chi connectivity index (χ1v) is 8.80. The molecular weight excluding hydrogens is 361 g/mol. The average molecular weight is 381 g/mol. The van der Waals surface area contributed by atoms with Gasteiger partial charge in [0.15, 0.2) is 0 Å². The molecule has 0 spiro atoms. The quantitative estimate of drug-likeness (QED) is 0.639. The Morgan fingerprint density at radius 2 is 1.86 bits per heavy atom. The molecule has 0 saturated heterocycles. The van der Waals surface area contributed by atoms with E-state index in [9.17, 15) is 14.0 Å². The van der Waals surface area contributed by atoms with Gasteiger partial charge < -0.3 is 10.1 Å². The van der Waals surface area contributed by atoms with Crippen molar-refractivity contribution < 1.29 is 13.9 Å². The lowest BCUT2D eigenvalue weighted by Crippen LogP contribution is -2.34. The second kappa shape index (κ2) is 8.94. The monoisotopic (exact) mass is 381 g/mol. The van der Waals surface area contributed by atoms with Crippen molar-refractivity contribution >= 4 is 5.91 Å². The van der Waals surface area contributed by atoms with E-state index in [1.54, 1.807) is 12.1 Å². The van der Waals surface area contributed by atoms with Crippen LogP contribution in [0, 0.1) is 12.7 Å². The standard InChI is InChI=1S/C21H20FN3O3/c1-15-2-8-18(9-3-15)28-11-10-23-20(26)13-25-14-24-19(12-21(25)27)16-4-6-17(22)7-5-16/h2-9,12,14H,10-11,13H2,1H3,(H,23,26). The number of nitrogens with zero attached hydrogens (tertiary/aromatic N) is 2. The molecule has 0 aliphatic heterocycles. The second-order valence-electron chi connectivity index (χ2n) is 6.26. The smallest absolute Gasteiger partial charge is 0.254 e. The van der Waals surface area contributed by atoms with E-state index in [-0.39, 0.29) is 23.8 Å². The summed E-state index contributed by atoms with van der Waals surface area (Å²) in [6.45, 7) is 2.50. The number of aromatic nitrogens is 2. The largest absolute Gasteiger partial charge is 0.492 e. The fourth-order valence-corrected chi connectivity index (χ4v) is 2.53. The number of halogens is 1. The average Bonchev–Trinajstić information content (AvgIpc) is 2.69. The maximum Gasteiger partial charge on any atom is 0.254 e. The highest BCUT2D eigenvalue weighted by molar-refractivity contribution is 5.75. The Kier molecular flexibility index (Phi) is 6.16. The molecule has 0 fully saturated rings. The van der Waals surface area contributed by atoms with E-state index in [0.717, 1.165) is 11.3 Å². The molecule has 0 radical (unpaired) electrons. The van der Waals surface area contributed by atoms with Crippen LogP contribution in [0.15, 0.2) is 65.7 Å². The van der Waals surface area contributed by atoms with Crippen LogP contribution in [0.3, 0.4) is 0 Å². The maximum absolute atomic E-state index is 13.0. The summed E-state index contributed by atoms with van der Waals surface area (Å²) in [6.07, 6.45) is 1.31. The molecule has 1 N–H and O–H groups in total. The molecule has 6 nitrogen and oxygen atoms in total. The molecule has 0 bridgehead atoms. The second-order valence-corrected chi connectivity index (χ2v) is 6.26. The number of nitrogens with one attached hydrogen (secondary N) is 1. The van der Waals surface area contributed by atoms with Crippen LogP contribution in [0.25, 0.3) is 11.3 Å². The van der Waals surface area contributed by atoms with E-state index >= 15 is 0 Å². The summed E-state index contributed by atoms with van der Waals surface area (Å²) in [5, 5.41) is 2.70. The third-order valence-corrected chi connectivity index (χ3v) is 4.05. The zero-order valence-electron chi connectivity index (χ0n) is 15.4. The SMILES string of the molecule is Cc1ccc(OCCNC(=O)Cn2cnc(-c3ccc(F)cc3)cc2=O)cc1. The van der Waals surface area contributed by atoms with Gasteiger partial charge in [-0.1, -0.05) is 17.7 Å². The first-order valence-electron chi connectivity index (χ1n) is 8.80. The highest BCUT2D eigenvalue weighted by atomic mass is 19.1. The van der Waals surface area contributed by atoms with Crippen LogP contribution in [0.5, 0.6) is 5.75 Å². The molecule has 1 heterocycles. The zero-order valence-corrected chi connectivity index (χ0v) is 15.4. The molecule has 1 amide bonds. The minimum Gasteiger partial charge on any atom is -0.492 e. The van der Waals surface area contributed by atoms with Gasteiger partial charge in [-0.15, -0.1) is 0 Å². The molecule has 0 unspecified atom stereocenters. The van der Waals surface area contributed by atoms with E-state index in [1.807, 2.05) is 31.2 Å². The predicted molar refractivity (Wildman–Crippen MR) is 104 cm³/mol. The molecule has 0 aliphatic rings. The summed E-state index contributed by atoms with van der Waals surface area (Å²) in [4.78, 5) is 28.4. The minimum absolute atomic E-state index is 0.139. The molecule has 1 aromatic heterocycles. The molecule has 2 aromatic carbocycles. The normalized spacial score (nSPS) is 10.5. The first-order chi connectivity index (χ1) is 13.5. The number of aryl methyl sites for hydroxylation is 1. The number of benzene rings is 2. The summed E-state index contributed by atoms with van der Waals surface area (Å²) >= 11 is 0. The highest BCUT2D eigenvalue weighted by Crippen LogP contribution is 2.15. The third kappa shape index (κ3) is 5.26. The van der Waals surface area contributed by atoms with Gasteiger partial charge in [-0.25, -0.2) is 9.37 Å². The lowest BCUT2D eigenvalue weighted by molar-refractivity contribution is -0.121. The Hall–Kier alpha value is -3.48. The maximum atomic E-state index is 13.0. The Bertz CT molecular complexity index is 999. The summed E-state index contributed by atoms with van der Waals surface area (Å²) in [6, 6.07) is 14.6. The van der Waals surface area contributed by atoms with E-state index in [1.165, 1.54) is 29.1 Å². The van der Waals surface area contributed by atoms with Gasteiger partial charge in [-0.05, 0) is 43.3 Å². The van der Waals surface area contributed by atoms with Crippen LogP contribution in [-0.2, 0) is 11.3 Å². The van der Waals surface area contributed by atoms with Gasteiger partial charge in [0.2, 0.25) is 5.91 Å². The zero-order chi connectivity index (χ0) is 19.9. The Morgan fingerprint density at radius 3 is 2.54 bits per heavy atom. The number of hydrogen-bond donors (Lipinski definition) is 1. The molecule has 3 rings (SSSR count). The van der Waals surface area contributed by atoms with E-state index in [2.05, 4.69) is 10.3 Å². The van der Waals surface area contributed by atoms with Gasteiger partial charge in [0.1, 0.15) is 24.7 Å². The number of carbonyl (C=O) groups excluding carboxylic acids is 1. The summed E-state index contributed by atoms with van der Waals surface area (Å²) < 4.78 is 19.7. The topological polar surface area (TPSA) is 73.2 Å². The number of rotatable bonds is 7. The number of ether oxygens (including phenoxy) is 1. The van der Waals surface area contributed by atoms with Crippen molar-refractivity contribution in [3.63, 3.8) is 0 Å². The molecule has 0 atom stereocenters. The lowest BCUT2D eigenvalue weighted by Gasteiger charge is -2.09. The van der Waals surface area contributed by atoms with Crippen LogP contribution in [0.1, 0.15) is 5.56 Å². The number of amides is 1. The summed E-state index contributed by atoms with van der Waals surface area (Å²) in [5.74, 6) is 0.0581.